The van der Waals surface area contributed by atoms with Crippen molar-refractivity contribution in [3.63, 3.8) is 0 Å². The lowest BCUT2D eigenvalue weighted by molar-refractivity contribution is 0.624. The fourth-order valence-electron chi connectivity index (χ4n) is 2.87. The Balaban J connectivity index is 1.79. The van der Waals surface area contributed by atoms with Crippen molar-refractivity contribution in [3.05, 3.63) is 74.6 Å². The van der Waals surface area contributed by atoms with E-state index < -0.39 is 0 Å². The van der Waals surface area contributed by atoms with Gasteiger partial charge in [-0.15, -0.1) is 5.10 Å². The predicted octanol–water partition coefficient (Wildman–Crippen LogP) is 4.17. The highest BCUT2D eigenvalue weighted by Gasteiger charge is 2.30. The Morgan fingerprint density at radius 2 is 1.83 bits per heavy atom. The average molecular weight is 384 g/mol. The van der Waals surface area contributed by atoms with Gasteiger partial charge in [-0.1, -0.05) is 64.0 Å². The van der Waals surface area contributed by atoms with E-state index in [0.29, 0.717) is 12.6 Å². The summed E-state index contributed by atoms with van der Waals surface area (Å²) < 4.78 is 4.43. The molecule has 1 aromatic heterocycles. The highest BCUT2D eigenvalue weighted by molar-refractivity contribution is 9.10. The molecule has 0 spiro atoms. The maximum absolute atomic E-state index is 12.9. The molecule has 0 unspecified atom stereocenters. The van der Waals surface area contributed by atoms with Gasteiger partial charge < -0.3 is 0 Å². The van der Waals surface area contributed by atoms with Gasteiger partial charge in [0.25, 0.3) is 0 Å². The van der Waals surface area contributed by atoms with Crippen LogP contribution in [0.2, 0.25) is 0 Å². The molecule has 24 heavy (non-hydrogen) atoms. The SMILES string of the molecule is Cc1ccc(-c2nn(Cc3ccccc3Br)c(=O)n2C2CC2)cc1. The second-order valence-electron chi connectivity index (χ2n) is 6.32. The number of rotatable bonds is 4. The third-order valence-corrected chi connectivity index (χ3v) is 5.14. The minimum atomic E-state index is -0.0242. The molecular weight excluding hydrogens is 366 g/mol. The Morgan fingerprint density at radius 1 is 1.12 bits per heavy atom. The van der Waals surface area contributed by atoms with Crippen LogP contribution in [-0.2, 0) is 6.54 Å². The molecule has 5 heteroatoms. The Morgan fingerprint density at radius 3 is 2.50 bits per heavy atom. The van der Waals surface area contributed by atoms with Gasteiger partial charge in [-0.3, -0.25) is 4.57 Å². The largest absolute Gasteiger partial charge is 0.346 e. The van der Waals surface area contributed by atoms with E-state index in [4.69, 9.17) is 0 Å². The van der Waals surface area contributed by atoms with Gasteiger partial charge >= 0.3 is 5.69 Å². The van der Waals surface area contributed by atoms with Crippen LogP contribution in [0.25, 0.3) is 11.4 Å². The molecule has 1 heterocycles. The zero-order valence-electron chi connectivity index (χ0n) is 13.4. The summed E-state index contributed by atoms with van der Waals surface area (Å²) in [6.07, 6.45) is 2.11. The number of halogens is 1. The van der Waals surface area contributed by atoms with E-state index in [-0.39, 0.29) is 5.69 Å². The highest BCUT2D eigenvalue weighted by atomic mass is 79.9. The molecule has 0 amide bonds. The van der Waals surface area contributed by atoms with Crippen LogP contribution in [0.5, 0.6) is 0 Å². The number of benzene rings is 2. The zero-order chi connectivity index (χ0) is 16.7. The standard InChI is InChI=1S/C19H18BrN3O/c1-13-6-8-14(9-7-13)18-21-22(19(24)23(18)16-10-11-16)12-15-4-2-3-5-17(15)20/h2-9,16H,10-12H2,1H3. The second kappa shape index (κ2) is 6.06. The van der Waals surface area contributed by atoms with Crippen molar-refractivity contribution >= 4 is 15.9 Å². The molecule has 3 aromatic rings. The number of aromatic nitrogens is 3. The molecule has 4 nitrogen and oxygen atoms in total. The van der Waals surface area contributed by atoms with Crippen LogP contribution in [0.15, 0.2) is 57.8 Å². The lowest BCUT2D eigenvalue weighted by atomic mass is 10.1. The van der Waals surface area contributed by atoms with Gasteiger partial charge in [-0.05, 0) is 31.4 Å². The fourth-order valence-corrected chi connectivity index (χ4v) is 3.28. The van der Waals surface area contributed by atoms with Crippen molar-refractivity contribution in [1.82, 2.24) is 14.3 Å². The summed E-state index contributed by atoms with van der Waals surface area (Å²) in [5, 5.41) is 4.65. The monoisotopic (exact) mass is 383 g/mol. The molecule has 1 fully saturated rings. The van der Waals surface area contributed by atoms with Crippen molar-refractivity contribution in [3.8, 4) is 11.4 Å². The van der Waals surface area contributed by atoms with Crippen LogP contribution in [0, 0.1) is 6.92 Å². The van der Waals surface area contributed by atoms with Crippen LogP contribution in [0.3, 0.4) is 0 Å². The third-order valence-electron chi connectivity index (χ3n) is 4.37. The maximum Gasteiger partial charge on any atom is 0.346 e. The van der Waals surface area contributed by atoms with E-state index >= 15 is 0 Å². The summed E-state index contributed by atoms with van der Waals surface area (Å²) in [4.78, 5) is 12.9. The summed E-state index contributed by atoms with van der Waals surface area (Å²) in [5.74, 6) is 0.773. The summed E-state index contributed by atoms with van der Waals surface area (Å²) in [7, 11) is 0. The molecule has 4 rings (SSSR count). The van der Waals surface area contributed by atoms with E-state index in [9.17, 15) is 4.79 Å². The summed E-state index contributed by atoms with van der Waals surface area (Å²) in [6, 6.07) is 16.4. The first-order valence-electron chi connectivity index (χ1n) is 8.13. The fraction of sp³-hybridized carbons (Fsp3) is 0.263. The molecular formula is C19H18BrN3O. The first-order valence-corrected chi connectivity index (χ1v) is 8.92. The number of hydrogen-bond acceptors (Lipinski definition) is 2. The molecule has 0 N–H and O–H groups in total. The molecule has 1 aliphatic rings. The van der Waals surface area contributed by atoms with E-state index in [0.717, 1.165) is 34.3 Å². The normalized spacial score (nSPS) is 14.1. The Hall–Kier alpha value is -2.14. The first-order chi connectivity index (χ1) is 11.6. The van der Waals surface area contributed by atoms with E-state index in [1.54, 1.807) is 4.68 Å². The molecule has 0 saturated heterocycles. The lowest BCUT2D eigenvalue weighted by Gasteiger charge is -2.03. The maximum atomic E-state index is 12.9. The second-order valence-corrected chi connectivity index (χ2v) is 7.18. The van der Waals surface area contributed by atoms with Gasteiger partial charge in [-0.25, -0.2) is 9.48 Å². The van der Waals surface area contributed by atoms with Gasteiger partial charge in [-0.2, -0.15) is 0 Å². The molecule has 2 aromatic carbocycles. The van der Waals surface area contributed by atoms with Gasteiger partial charge in [0.05, 0.1) is 6.54 Å². The summed E-state index contributed by atoms with van der Waals surface area (Å²) in [6.45, 7) is 2.53. The minimum absolute atomic E-state index is 0.0242. The minimum Gasteiger partial charge on any atom is -0.272 e. The Bertz CT molecular complexity index is 936. The zero-order valence-corrected chi connectivity index (χ0v) is 15.0. The number of nitrogens with zero attached hydrogens (tertiary/aromatic N) is 3. The van der Waals surface area contributed by atoms with Gasteiger partial charge in [0.1, 0.15) is 0 Å². The Kier molecular flexibility index (Phi) is 3.88. The highest BCUT2D eigenvalue weighted by Crippen LogP contribution is 2.36. The molecule has 0 aliphatic heterocycles. The molecule has 0 radical (unpaired) electrons. The summed E-state index contributed by atoms with van der Waals surface area (Å²) in [5.41, 5.74) is 3.22. The van der Waals surface area contributed by atoms with E-state index in [1.165, 1.54) is 5.56 Å². The predicted molar refractivity (Wildman–Crippen MR) is 98.2 cm³/mol. The van der Waals surface area contributed by atoms with Crippen LogP contribution >= 0.6 is 15.9 Å². The number of hydrogen-bond donors (Lipinski definition) is 0. The topological polar surface area (TPSA) is 39.8 Å². The summed E-state index contributed by atoms with van der Waals surface area (Å²) >= 11 is 3.55. The first kappa shape index (κ1) is 15.4. The molecule has 1 saturated carbocycles. The van der Waals surface area contributed by atoms with Crippen molar-refractivity contribution in [2.75, 3.05) is 0 Å². The van der Waals surface area contributed by atoms with Gasteiger partial charge in [0.2, 0.25) is 0 Å². The quantitative estimate of drug-likeness (QED) is 0.678. The molecule has 0 bridgehead atoms. The van der Waals surface area contributed by atoms with Crippen molar-refractivity contribution in [1.29, 1.82) is 0 Å². The third kappa shape index (κ3) is 2.84. The number of aryl methyl sites for hydroxylation is 1. The van der Waals surface area contributed by atoms with Crippen molar-refractivity contribution in [2.45, 2.75) is 32.4 Å². The molecule has 122 valence electrons. The lowest BCUT2D eigenvalue weighted by Crippen LogP contribution is -2.25. The Labute approximate surface area is 148 Å². The van der Waals surface area contributed by atoms with Crippen LogP contribution in [-0.4, -0.2) is 14.3 Å². The van der Waals surface area contributed by atoms with Gasteiger partial charge in [0.15, 0.2) is 5.82 Å². The van der Waals surface area contributed by atoms with Crippen molar-refractivity contribution < 1.29 is 0 Å². The van der Waals surface area contributed by atoms with Crippen LogP contribution in [0.1, 0.15) is 30.0 Å². The van der Waals surface area contributed by atoms with Crippen LogP contribution < -0.4 is 5.69 Å². The van der Waals surface area contributed by atoms with Gasteiger partial charge in [0, 0.05) is 16.1 Å². The smallest absolute Gasteiger partial charge is 0.272 e. The van der Waals surface area contributed by atoms with E-state index in [2.05, 4.69) is 40.1 Å². The molecule has 1 aliphatic carbocycles. The molecule has 0 atom stereocenters. The average Bonchev–Trinajstić information content (AvgIpc) is 3.36. The van der Waals surface area contributed by atoms with Crippen LogP contribution in [0.4, 0.5) is 0 Å². The van der Waals surface area contributed by atoms with E-state index in [1.807, 2.05) is 41.0 Å². The van der Waals surface area contributed by atoms with Crippen molar-refractivity contribution in [2.24, 2.45) is 0 Å².